The lowest BCUT2D eigenvalue weighted by molar-refractivity contribution is -0.129. The Morgan fingerprint density at radius 1 is 1.44 bits per heavy atom. The van der Waals surface area contributed by atoms with Crippen LogP contribution in [0.2, 0.25) is 0 Å². The summed E-state index contributed by atoms with van der Waals surface area (Å²) in [5, 5.41) is 6.59. The molecule has 1 saturated heterocycles. The van der Waals surface area contributed by atoms with Crippen LogP contribution in [0.4, 0.5) is 0 Å². The van der Waals surface area contributed by atoms with E-state index in [4.69, 9.17) is 0 Å². The van der Waals surface area contributed by atoms with Gasteiger partial charge in [0.2, 0.25) is 11.7 Å². The van der Waals surface area contributed by atoms with E-state index in [-0.39, 0.29) is 24.2 Å². The molecule has 0 aromatic carbocycles. The van der Waals surface area contributed by atoms with E-state index in [1.165, 1.54) is 4.90 Å². The number of nitrogens with one attached hydrogen (secondary N) is 1. The predicted molar refractivity (Wildman–Crippen MR) is 63.9 cm³/mol. The van der Waals surface area contributed by atoms with Crippen molar-refractivity contribution in [1.29, 1.82) is 0 Å². The zero-order valence-corrected chi connectivity index (χ0v) is 10.6. The first-order valence-electron chi connectivity index (χ1n) is 6.06. The van der Waals surface area contributed by atoms with Gasteiger partial charge in [0.05, 0.1) is 0 Å². The Bertz CT molecular complexity index is 456. The van der Waals surface area contributed by atoms with Gasteiger partial charge in [-0.3, -0.25) is 14.7 Å². The highest BCUT2D eigenvalue weighted by Crippen LogP contribution is 2.06. The molecule has 1 aromatic heterocycles. The fraction of sp³-hybridized carbons (Fsp3) is 0.636. The number of hydrogen-bond acceptors (Lipinski definition) is 4. The lowest BCUT2D eigenvalue weighted by Crippen LogP contribution is -2.38. The summed E-state index contributed by atoms with van der Waals surface area (Å²) in [4.78, 5) is 31.1. The van der Waals surface area contributed by atoms with Crippen molar-refractivity contribution in [3.8, 4) is 0 Å². The Morgan fingerprint density at radius 2 is 2.22 bits per heavy atom. The summed E-state index contributed by atoms with van der Waals surface area (Å²) in [5.74, 6) is 0.488. The lowest BCUT2D eigenvalue weighted by Gasteiger charge is -2.17. The third-order valence-corrected chi connectivity index (χ3v) is 3.02. The molecule has 7 nitrogen and oxygen atoms in total. The number of carbonyl (C=O) groups is 2. The predicted octanol–water partition coefficient (Wildman–Crippen LogP) is -0.329. The average molecular weight is 251 g/mol. The molecular formula is C11H17N5O2. The summed E-state index contributed by atoms with van der Waals surface area (Å²) in [7, 11) is 1.75. The Labute approximate surface area is 105 Å². The molecule has 1 aliphatic rings. The second-order valence-corrected chi connectivity index (χ2v) is 4.35. The number of H-pyrrole nitrogens is 1. The van der Waals surface area contributed by atoms with Gasteiger partial charge in [-0.1, -0.05) is 6.92 Å². The summed E-state index contributed by atoms with van der Waals surface area (Å²) in [5.41, 5.74) is 0. The Kier molecular flexibility index (Phi) is 3.59. The minimum Gasteiger partial charge on any atom is -0.344 e. The SMILES string of the molecule is CCc1nc(C(=O)N2CCCN(C)C(=O)C2)n[nH]1. The highest BCUT2D eigenvalue weighted by Gasteiger charge is 2.25. The summed E-state index contributed by atoms with van der Waals surface area (Å²) >= 11 is 0. The van der Waals surface area contributed by atoms with E-state index in [0.29, 0.717) is 25.3 Å². The molecule has 18 heavy (non-hydrogen) atoms. The van der Waals surface area contributed by atoms with Gasteiger partial charge in [-0.15, -0.1) is 5.10 Å². The first-order chi connectivity index (χ1) is 8.61. The maximum Gasteiger partial charge on any atom is 0.293 e. The van der Waals surface area contributed by atoms with Crippen molar-refractivity contribution in [3.63, 3.8) is 0 Å². The normalized spacial score (nSPS) is 16.9. The largest absolute Gasteiger partial charge is 0.344 e. The number of rotatable bonds is 2. The smallest absolute Gasteiger partial charge is 0.293 e. The fourth-order valence-corrected chi connectivity index (χ4v) is 1.85. The van der Waals surface area contributed by atoms with Crippen molar-refractivity contribution in [3.05, 3.63) is 11.6 Å². The van der Waals surface area contributed by atoms with Gasteiger partial charge in [0.15, 0.2) is 0 Å². The first kappa shape index (κ1) is 12.5. The number of amides is 2. The summed E-state index contributed by atoms with van der Waals surface area (Å²) < 4.78 is 0. The van der Waals surface area contributed by atoms with Crippen LogP contribution in [0.15, 0.2) is 0 Å². The van der Waals surface area contributed by atoms with Crippen molar-refractivity contribution in [2.45, 2.75) is 19.8 Å². The van der Waals surface area contributed by atoms with Gasteiger partial charge in [0.25, 0.3) is 5.91 Å². The molecule has 1 aliphatic heterocycles. The standard InChI is InChI=1S/C11H17N5O2/c1-3-8-12-10(14-13-8)11(18)16-6-4-5-15(2)9(17)7-16/h3-7H2,1-2H3,(H,12,13,14). The van der Waals surface area contributed by atoms with E-state index in [0.717, 1.165) is 6.42 Å². The number of aromatic amines is 1. The van der Waals surface area contributed by atoms with Crippen LogP contribution in [0.3, 0.4) is 0 Å². The van der Waals surface area contributed by atoms with E-state index in [1.807, 2.05) is 6.92 Å². The zero-order chi connectivity index (χ0) is 13.1. The molecule has 1 N–H and O–H groups in total. The number of likely N-dealkylation sites (N-methyl/N-ethyl adjacent to an activating group) is 1. The molecule has 0 radical (unpaired) electrons. The van der Waals surface area contributed by atoms with Gasteiger partial charge in [0.1, 0.15) is 12.4 Å². The van der Waals surface area contributed by atoms with Crippen LogP contribution in [-0.4, -0.2) is 63.5 Å². The van der Waals surface area contributed by atoms with E-state index in [9.17, 15) is 9.59 Å². The van der Waals surface area contributed by atoms with Crippen LogP contribution in [0.5, 0.6) is 0 Å². The lowest BCUT2D eigenvalue weighted by atomic mass is 10.3. The van der Waals surface area contributed by atoms with Gasteiger partial charge in [-0.2, -0.15) is 0 Å². The molecule has 2 rings (SSSR count). The molecule has 0 bridgehead atoms. The Hall–Kier alpha value is -1.92. The van der Waals surface area contributed by atoms with Gasteiger partial charge < -0.3 is 9.80 Å². The maximum atomic E-state index is 12.1. The maximum absolute atomic E-state index is 12.1. The molecule has 0 aliphatic carbocycles. The van der Waals surface area contributed by atoms with E-state index in [2.05, 4.69) is 15.2 Å². The molecule has 2 amide bonds. The van der Waals surface area contributed by atoms with Crippen LogP contribution in [-0.2, 0) is 11.2 Å². The number of nitrogens with zero attached hydrogens (tertiary/aromatic N) is 4. The molecule has 2 heterocycles. The van der Waals surface area contributed by atoms with Crippen molar-refractivity contribution < 1.29 is 9.59 Å². The van der Waals surface area contributed by atoms with Crippen LogP contribution >= 0.6 is 0 Å². The molecule has 1 fully saturated rings. The van der Waals surface area contributed by atoms with Crippen LogP contribution < -0.4 is 0 Å². The molecule has 7 heteroatoms. The monoisotopic (exact) mass is 251 g/mol. The van der Waals surface area contributed by atoms with Crippen molar-refractivity contribution >= 4 is 11.8 Å². The van der Waals surface area contributed by atoms with Gasteiger partial charge in [-0.05, 0) is 6.42 Å². The second kappa shape index (κ2) is 5.16. The molecule has 0 spiro atoms. The molecule has 98 valence electrons. The van der Waals surface area contributed by atoms with Gasteiger partial charge in [-0.25, -0.2) is 4.98 Å². The number of aryl methyl sites for hydroxylation is 1. The van der Waals surface area contributed by atoms with Crippen molar-refractivity contribution in [1.82, 2.24) is 25.0 Å². The summed E-state index contributed by atoms with van der Waals surface area (Å²) in [6.07, 6.45) is 1.47. The number of hydrogen-bond donors (Lipinski definition) is 1. The minimum atomic E-state index is -0.283. The summed E-state index contributed by atoms with van der Waals surface area (Å²) in [6.45, 7) is 3.27. The van der Waals surface area contributed by atoms with E-state index < -0.39 is 0 Å². The van der Waals surface area contributed by atoms with Crippen LogP contribution in [0, 0.1) is 0 Å². The van der Waals surface area contributed by atoms with E-state index >= 15 is 0 Å². The Morgan fingerprint density at radius 3 is 2.89 bits per heavy atom. The molecule has 0 unspecified atom stereocenters. The molecule has 0 saturated carbocycles. The highest BCUT2D eigenvalue weighted by molar-refractivity contribution is 5.93. The van der Waals surface area contributed by atoms with Gasteiger partial charge in [0, 0.05) is 26.6 Å². The molecular weight excluding hydrogens is 234 g/mol. The number of carbonyl (C=O) groups excluding carboxylic acids is 2. The summed E-state index contributed by atoms with van der Waals surface area (Å²) in [6, 6.07) is 0. The Balaban J connectivity index is 2.10. The number of aromatic nitrogens is 3. The quantitative estimate of drug-likeness (QED) is 0.780. The van der Waals surface area contributed by atoms with E-state index in [1.54, 1.807) is 11.9 Å². The van der Waals surface area contributed by atoms with Crippen molar-refractivity contribution in [2.24, 2.45) is 0 Å². The topological polar surface area (TPSA) is 82.2 Å². The second-order valence-electron chi connectivity index (χ2n) is 4.35. The highest BCUT2D eigenvalue weighted by atomic mass is 16.2. The minimum absolute atomic E-state index is 0.0490. The average Bonchev–Trinajstić information content (AvgIpc) is 2.78. The van der Waals surface area contributed by atoms with Crippen LogP contribution in [0.25, 0.3) is 0 Å². The van der Waals surface area contributed by atoms with Gasteiger partial charge >= 0.3 is 0 Å². The zero-order valence-electron chi connectivity index (χ0n) is 10.6. The molecule has 1 aromatic rings. The third kappa shape index (κ3) is 2.49. The van der Waals surface area contributed by atoms with Crippen molar-refractivity contribution in [2.75, 3.05) is 26.7 Å². The molecule has 0 atom stereocenters. The fourth-order valence-electron chi connectivity index (χ4n) is 1.85. The van der Waals surface area contributed by atoms with Crippen LogP contribution in [0.1, 0.15) is 29.8 Å². The third-order valence-electron chi connectivity index (χ3n) is 3.02. The first-order valence-corrected chi connectivity index (χ1v) is 6.06.